The minimum absolute atomic E-state index is 0.00523. The molecule has 4 aromatic rings. The standard InChI is InChI=1S/C27H22ClF2N7O/c28-19-5-3-6-20-23(19)27(38)36(17-10-15(29)9-16(30)11-17)26(35-20)22-8-14-4-1-2-7-21(14)37(22)25-18(12-31)24(32)33-13-34-25/h3,5-6,9-11,13-14,21-22H,1-2,4,7-8H2,(H2,32,33,34)/t14-,21-,22-/m0/s1. The zero-order valence-corrected chi connectivity index (χ0v) is 20.9. The molecule has 0 amide bonds. The average Bonchev–Trinajstić information content (AvgIpc) is 3.27. The lowest BCUT2D eigenvalue weighted by Gasteiger charge is -2.35. The Kier molecular flexibility index (Phi) is 5.95. The summed E-state index contributed by atoms with van der Waals surface area (Å²) in [6.45, 7) is 0. The molecule has 2 aromatic carbocycles. The molecule has 3 heterocycles. The number of halogens is 3. The zero-order chi connectivity index (χ0) is 26.6. The Hall–Kier alpha value is -4.10. The van der Waals surface area contributed by atoms with Crippen molar-refractivity contribution in [1.82, 2.24) is 19.5 Å². The predicted octanol–water partition coefficient (Wildman–Crippen LogP) is 5.07. The molecule has 2 aliphatic rings. The number of nitrogens with two attached hydrogens (primary N) is 1. The molecule has 1 aliphatic heterocycles. The highest BCUT2D eigenvalue weighted by Gasteiger charge is 2.46. The van der Waals surface area contributed by atoms with Crippen LogP contribution in [0.1, 0.15) is 49.5 Å². The molecule has 2 fully saturated rings. The third-order valence-corrected chi connectivity index (χ3v) is 7.89. The van der Waals surface area contributed by atoms with E-state index in [-0.39, 0.29) is 45.3 Å². The quantitative estimate of drug-likeness (QED) is 0.391. The summed E-state index contributed by atoms with van der Waals surface area (Å²) in [4.78, 5) is 29.3. The molecule has 192 valence electrons. The minimum atomic E-state index is -0.829. The van der Waals surface area contributed by atoms with Crippen LogP contribution in [0.4, 0.5) is 20.4 Å². The van der Waals surface area contributed by atoms with Crippen molar-refractivity contribution < 1.29 is 8.78 Å². The minimum Gasteiger partial charge on any atom is -0.382 e. The third kappa shape index (κ3) is 3.85. The summed E-state index contributed by atoms with van der Waals surface area (Å²) < 4.78 is 30.0. The van der Waals surface area contributed by atoms with Crippen molar-refractivity contribution in [1.29, 1.82) is 5.26 Å². The molecule has 0 spiro atoms. The Bertz CT molecular complexity index is 1660. The smallest absolute Gasteiger partial charge is 0.267 e. The number of aromatic nitrogens is 4. The molecule has 0 unspecified atom stereocenters. The normalized spacial score (nSPS) is 20.9. The number of hydrogen-bond acceptors (Lipinski definition) is 7. The van der Waals surface area contributed by atoms with Gasteiger partial charge in [0.2, 0.25) is 0 Å². The van der Waals surface area contributed by atoms with E-state index in [0.717, 1.165) is 43.9 Å². The Morgan fingerprint density at radius 2 is 1.87 bits per heavy atom. The van der Waals surface area contributed by atoms with E-state index in [0.29, 0.717) is 17.8 Å². The van der Waals surface area contributed by atoms with Crippen LogP contribution in [-0.4, -0.2) is 25.6 Å². The van der Waals surface area contributed by atoms with Crippen molar-refractivity contribution in [2.75, 3.05) is 10.6 Å². The van der Waals surface area contributed by atoms with Crippen molar-refractivity contribution in [3.8, 4) is 11.8 Å². The number of anilines is 2. The number of hydrogen-bond donors (Lipinski definition) is 1. The molecular weight excluding hydrogens is 512 g/mol. The van der Waals surface area contributed by atoms with Gasteiger partial charge in [0.1, 0.15) is 41.2 Å². The van der Waals surface area contributed by atoms with Crippen LogP contribution in [0.2, 0.25) is 5.02 Å². The maximum Gasteiger partial charge on any atom is 0.267 e. The first-order valence-corrected chi connectivity index (χ1v) is 12.7. The van der Waals surface area contributed by atoms with Crippen LogP contribution in [0.25, 0.3) is 16.6 Å². The molecule has 6 rings (SSSR count). The second-order valence-corrected chi connectivity index (χ2v) is 10.1. The second-order valence-electron chi connectivity index (χ2n) is 9.71. The van der Waals surface area contributed by atoms with Gasteiger partial charge in [-0.05, 0) is 49.4 Å². The summed E-state index contributed by atoms with van der Waals surface area (Å²) in [7, 11) is 0. The lowest BCUT2D eigenvalue weighted by molar-refractivity contribution is 0.341. The summed E-state index contributed by atoms with van der Waals surface area (Å²) >= 11 is 6.40. The van der Waals surface area contributed by atoms with E-state index in [4.69, 9.17) is 22.3 Å². The molecule has 8 nitrogen and oxygen atoms in total. The summed E-state index contributed by atoms with van der Waals surface area (Å²) in [5, 5.41) is 10.2. The largest absolute Gasteiger partial charge is 0.382 e. The van der Waals surface area contributed by atoms with E-state index in [9.17, 15) is 18.8 Å². The van der Waals surface area contributed by atoms with E-state index >= 15 is 0 Å². The number of nitriles is 1. The van der Waals surface area contributed by atoms with Crippen molar-refractivity contribution >= 4 is 34.1 Å². The number of rotatable bonds is 3. The third-order valence-electron chi connectivity index (χ3n) is 7.58. The number of benzene rings is 2. The summed E-state index contributed by atoms with van der Waals surface area (Å²) in [5.41, 5.74) is 6.00. The van der Waals surface area contributed by atoms with E-state index in [1.54, 1.807) is 18.2 Å². The first-order chi connectivity index (χ1) is 18.4. The molecule has 1 aliphatic carbocycles. The van der Waals surface area contributed by atoms with Gasteiger partial charge in [-0.1, -0.05) is 30.5 Å². The Morgan fingerprint density at radius 3 is 2.63 bits per heavy atom. The van der Waals surface area contributed by atoms with Gasteiger partial charge in [-0.15, -0.1) is 0 Å². The molecule has 11 heteroatoms. The van der Waals surface area contributed by atoms with Crippen molar-refractivity contribution in [3.05, 3.63) is 81.1 Å². The maximum absolute atomic E-state index is 14.4. The fourth-order valence-electron chi connectivity index (χ4n) is 6.04. The predicted molar refractivity (Wildman–Crippen MR) is 139 cm³/mol. The van der Waals surface area contributed by atoms with Crippen LogP contribution in [0.3, 0.4) is 0 Å². The van der Waals surface area contributed by atoms with Gasteiger partial charge in [-0.3, -0.25) is 9.36 Å². The van der Waals surface area contributed by atoms with Gasteiger partial charge in [-0.25, -0.2) is 23.7 Å². The summed E-state index contributed by atoms with van der Waals surface area (Å²) in [6.07, 6.45) is 5.78. The number of nitrogen functional groups attached to an aromatic ring is 1. The maximum atomic E-state index is 14.4. The number of nitrogens with zero attached hydrogens (tertiary/aromatic N) is 6. The fraction of sp³-hybridized carbons (Fsp3) is 0.296. The first kappa shape index (κ1) is 24.2. The zero-order valence-electron chi connectivity index (χ0n) is 20.1. The topological polar surface area (TPSA) is 114 Å². The molecule has 2 N–H and O–H groups in total. The van der Waals surface area contributed by atoms with E-state index < -0.39 is 23.2 Å². The van der Waals surface area contributed by atoms with E-state index in [1.165, 1.54) is 10.9 Å². The van der Waals surface area contributed by atoms with Crippen LogP contribution >= 0.6 is 11.6 Å². The van der Waals surface area contributed by atoms with E-state index in [2.05, 4.69) is 16.0 Å². The molecule has 2 aromatic heterocycles. The second kappa shape index (κ2) is 9.33. The SMILES string of the molecule is N#Cc1c(N)ncnc1N1[C@H](c2nc3cccc(Cl)c3c(=O)n2-c2cc(F)cc(F)c2)C[C@@H]2CCCC[C@@H]21. The van der Waals surface area contributed by atoms with Crippen LogP contribution in [-0.2, 0) is 0 Å². The van der Waals surface area contributed by atoms with E-state index in [1.807, 2.05) is 4.90 Å². The van der Waals surface area contributed by atoms with Gasteiger partial charge in [0, 0.05) is 12.1 Å². The lowest BCUT2D eigenvalue weighted by Crippen LogP contribution is -2.39. The van der Waals surface area contributed by atoms with Crippen LogP contribution in [0.15, 0.2) is 47.5 Å². The van der Waals surface area contributed by atoms with Crippen LogP contribution in [0.5, 0.6) is 0 Å². The monoisotopic (exact) mass is 533 g/mol. The van der Waals surface area contributed by atoms with Crippen molar-refractivity contribution in [2.45, 2.75) is 44.2 Å². The van der Waals surface area contributed by atoms with Gasteiger partial charge in [-0.2, -0.15) is 5.26 Å². The highest BCUT2D eigenvalue weighted by molar-refractivity contribution is 6.35. The fourth-order valence-corrected chi connectivity index (χ4v) is 6.29. The molecule has 3 atom stereocenters. The van der Waals surface area contributed by atoms with Gasteiger partial charge in [0.25, 0.3) is 5.56 Å². The molecule has 38 heavy (non-hydrogen) atoms. The summed E-state index contributed by atoms with van der Waals surface area (Å²) in [6, 6.07) is 9.47. The summed E-state index contributed by atoms with van der Waals surface area (Å²) in [5.74, 6) is -0.727. The van der Waals surface area contributed by atoms with Crippen LogP contribution < -0.4 is 16.2 Å². The Balaban J connectivity index is 1.66. The van der Waals surface area contributed by atoms with Gasteiger partial charge < -0.3 is 10.6 Å². The van der Waals surface area contributed by atoms with Gasteiger partial charge in [0.05, 0.1) is 27.7 Å². The van der Waals surface area contributed by atoms with Crippen molar-refractivity contribution in [2.24, 2.45) is 5.92 Å². The Morgan fingerprint density at radius 1 is 1.11 bits per heavy atom. The van der Waals surface area contributed by atoms with Crippen LogP contribution in [0, 0.1) is 28.9 Å². The molecular formula is C27H22ClF2N7O. The molecule has 1 saturated carbocycles. The highest BCUT2D eigenvalue weighted by atomic mass is 35.5. The Labute approximate surface area is 221 Å². The lowest BCUT2D eigenvalue weighted by atomic mass is 9.84. The molecule has 0 radical (unpaired) electrons. The molecule has 1 saturated heterocycles. The first-order valence-electron chi connectivity index (χ1n) is 12.3. The average molecular weight is 534 g/mol. The van der Waals surface area contributed by atoms with Gasteiger partial charge in [0.15, 0.2) is 5.82 Å². The molecule has 0 bridgehead atoms. The number of fused-ring (bicyclic) bond motifs is 2. The van der Waals surface area contributed by atoms with Gasteiger partial charge >= 0.3 is 0 Å². The van der Waals surface area contributed by atoms with Crippen molar-refractivity contribution in [3.63, 3.8) is 0 Å². The highest BCUT2D eigenvalue weighted by Crippen LogP contribution is 2.48.